The molecule has 2 aliphatic rings. The Labute approximate surface area is 126 Å². The first-order valence-electron chi connectivity index (χ1n) is 7.45. The maximum atomic E-state index is 13.0. The molecule has 5 nitrogen and oxygen atoms in total. The van der Waals surface area contributed by atoms with Crippen LogP contribution in [0.1, 0.15) is 25.0 Å². The fourth-order valence-corrected chi connectivity index (χ4v) is 5.09. The van der Waals surface area contributed by atoms with E-state index in [0.29, 0.717) is 18.0 Å². The van der Waals surface area contributed by atoms with Crippen LogP contribution in [0, 0.1) is 0 Å². The van der Waals surface area contributed by atoms with E-state index in [1.165, 1.54) is 0 Å². The van der Waals surface area contributed by atoms with E-state index in [4.69, 9.17) is 4.74 Å². The Morgan fingerprint density at radius 1 is 1.24 bits per heavy atom. The van der Waals surface area contributed by atoms with Crippen molar-refractivity contribution in [1.29, 1.82) is 0 Å². The van der Waals surface area contributed by atoms with Crippen molar-refractivity contribution in [1.82, 2.24) is 9.62 Å². The highest BCUT2D eigenvalue weighted by atomic mass is 32.2. The summed E-state index contributed by atoms with van der Waals surface area (Å²) in [4.78, 5) is 0.475. The number of ether oxygens (including phenoxy) is 1. The smallest absolute Gasteiger partial charge is 0.243 e. The number of nitrogens with zero attached hydrogens (tertiary/aromatic N) is 1. The van der Waals surface area contributed by atoms with Crippen molar-refractivity contribution in [2.45, 2.75) is 43.9 Å². The van der Waals surface area contributed by atoms with Crippen LogP contribution < -0.4 is 5.32 Å². The van der Waals surface area contributed by atoms with Gasteiger partial charge in [-0.05, 0) is 44.0 Å². The molecular weight excluding hydrogens is 288 g/mol. The van der Waals surface area contributed by atoms with E-state index in [-0.39, 0.29) is 12.2 Å². The highest BCUT2D eigenvalue weighted by Crippen LogP contribution is 2.27. The standard InChI is InChI=1S/C15H22N2O3S/c1-11-9-17(10-12(2)20-11)21(18,19)15-5-3-4-13-8-16-7-6-14(13)15/h3-5,11-12,16H,6-10H2,1-2H3. The highest BCUT2D eigenvalue weighted by molar-refractivity contribution is 7.89. The summed E-state index contributed by atoms with van der Waals surface area (Å²) in [5.41, 5.74) is 2.07. The van der Waals surface area contributed by atoms with Gasteiger partial charge < -0.3 is 10.1 Å². The number of nitrogens with one attached hydrogen (secondary N) is 1. The molecule has 0 bridgehead atoms. The molecule has 116 valence electrons. The van der Waals surface area contributed by atoms with Crippen LogP contribution in [0.2, 0.25) is 0 Å². The molecule has 0 spiro atoms. The lowest BCUT2D eigenvalue weighted by Crippen LogP contribution is -2.48. The second kappa shape index (κ2) is 5.68. The minimum atomic E-state index is -3.44. The van der Waals surface area contributed by atoms with Gasteiger partial charge in [0, 0.05) is 19.6 Å². The first-order valence-corrected chi connectivity index (χ1v) is 8.89. The Balaban J connectivity index is 1.99. The molecule has 2 atom stereocenters. The lowest BCUT2D eigenvalue weighted by molar-refractivity contribution is -0.0441. The van der Waals surface area contributed by atoms with Crippen molar-refractivity contribution in [3.63, 3.8) is 0 Å². The Morgan fingerprint density at radius 2 is 1.95 bits per heavy atom. The highest BCUT2D eigenvalue weighted by Gasteiger charge is 2.34. The summed E-state index contributed by atoms with van der Waals surface area (Å²) >= 11 is 0. The molecule has 2 aliphatic heterocycles. The fraction of sp³-hybridized carbons (Fsp3) is 0.600. The predicted octanol–water partition coefficient (Wildman–Crippen LogP) is 1.13. The van der Waals surface area contributed by atoms with Crippen LogP contribution >= 0.6 is 0 Å². The molecule has 6 heteroatoms. The number of sulfonamides is 1. The minimum Gasteiger partial charge on any atom is -0.373 e. The van der Waals surface area contributed by atoms with E-state index in [1.54, 1.807) is 10.4 Å². The van der Waals surface area contributed by atoms with E-state index < -0.39 is 10.0 Å². The third kappa shape index (κ3) is 2.85. The second-order valence-corrected chi connectivity index (χ2v) is 7.81. The number of hydrogen-bond acceptors (Lipinski definition) is 4. The molecule has 1 aromatic carbocycles. The third-order valence-corrected chi connectivity index (χ3v) is 6.02. The zero-order chi connectivity index (χ0) is 15.0. The van der Waals surface area contributed by atoms with Gasteiger partial charge in [-0.1, -0.05) is 12.1 Å². The molecule has 0 amide bonds. The van der Waals surface area contributed by atoms with Gasteiger partial charge >= 0.3 is 0 Å². The maximum absolute atomic E-state index is 13.0. The van der Waals surface area contributed by atoms with Crippen LogP contribution in [0.4, 0.5) is 0 Å². The van der Waals surface area contributed by atoms with Gasteiger partial charge in [0.25, 0.3) is 0 Å². The zero-order valence-electron chi connectivity index (χ0n) is 12.5. The summed E-state index contributed by atoms with van der Waals surface area (Å²) in [6, 6.07) is 5.58. The largest absolute Gasteiger partial charge is 0.373 e. The first kappa shape index (κ1) is 15.0. The van der Waals surface area contributed by atoms with Gasteiger partial charge in [0.05, 0.1) is 17.1 Å². The predicted molar refractivity (Wildman–Crippen MR) is 80.6 cm³/mol. The van der Waals surface area contributed by atoms with Gasteiger partial charge in [-0.2, -0.15) is 4.31 Å². The third-order valence-electron chi connectivity index (χ3n) is 4.10. The SMILES string of the molecule is CC1CN(S(=O)(=O)c2cccc3c2CCNC3)CC(C)O1. The average molecular weight is 310 g/mol. The van der Waals surface area contributed by atoms with Crippen molar-refractivity contribution >= 4 is 10.0 Å². The van der Waals surface area contributed by atoms with Crippen molar-refractivity contribution in [2.24, 2.45) is 0 Å². The molecule has 0 radical (unpaired) electrons. The molecule has 0 aromatic heterocycles. The molecule has 2 heterocycles. The Hall–Kier alpha value is -0.950. The maximum Gasteiger partial charge on any atom is 0.243 e. The van der Waals surface area contributed by atoms with Crippen molar-refractivity contribution < 1.29 is 13.2 Å². The van der Waals surface area contributed by atoms with Crippen LogP contribution in [0.5, 0.6) is 0 Å². The molecule has 3 rings (SSSR count). The van der Waals surface area contributed by atoms with E-state index in [0.717, 1.165) is 30.6 Å². The van der Waals surface area contributed by atoms with Crippen LogP contribution in [0.25, 0.3) is 0 Å². The topological polar surface area (TPSA) is 58.6 Å². The minimum absolute atomic E-state index is 0.0651. The lowest BCUT2D eigenvalue weighted by atomic mass is 10.0. The number of hydrogen-bond donors (Lipinski definition) is 1. The van der Waals surface area contributed by atoms with Crippen LogP contribution in [-0.2, 0) is 27.7 Å². The molecular formula is C15H22N2O3S. The molecule has 1 N–H and O–H groups in total. The second-order valence-electron chi connectivity index (χ2n) is 5.90. The van der Waals surface area contributed by atoms with Gasteiger partial charge in [0.1, 0.15) is 0 Å². The Morgan fingerprint density at radius 3 is 2.67 bits per heavy atom. The summed E-state index contributed by atoms with van der Waals surface area (Å²) in [6.45, 7) is 6.26. The quantitative estimate of drug-likeness (QED) is 0.890. The zero-order valence-corrected chi connectivity index (χ0v) is 13.3. The van der Waals surface area contributed by atoms with Gasteiger partial charge in [-0.15, -0.1) is 0 Å². The number of morpholine rings is 1. The molecule has 0 aliphatic carbocycles. The summed E-state index contributed by atoms with van der Waals surface area (Å²) < 4.78 is 33.2. The molecule has 0 saturated carbocycles. The number of benzene rings is 1. The monoisotopic (exact) mass is 310 g/mol. The molecule has 1 aromatic rings. The molecule has 1 fully saturated rings. The van der Waals surface area contributed by atoms with Gasteiger partial charge in [0.15, 0.2) is 0 Å². The Bertz CT molecular complexity index is 620. The molecule has 1 saturated heterocycles. The van der Waals surface area contributed by atoms with Crippen LogP contribution in [-0.4, -0.2) is 44.6 Å². The van der Waals surface area contributed by atoms with Gasteiger partial charge in [-0.25, -0.2) is 8.42 Å². The fourth-order valence-electron chi connectivity index (χ4n) is 3.20. The van der Waals surface area contributed by atoms with Crippen molar-refractivity contribution in [3.05, 3.63) is 29.3 Å². The molecule has 2 unspecified atom stereocenters. The van der Waals surface area contributed by atoms with Crippen molar-refractivity contribution in [2.75, 3.05) is 19.6 Å². The first-order chi connectivity index (χ1) is 9.98. The average Bonchev–Trinajstić information content (AvgIpc) is 2.45. The lowest BCUT2D eigenvalue weighted by Gasteiger charge is -2.35. The van der Waals surface area contributed by atoms with E-state index in [9.17, 15) is 8.42 Å². The summed E-state index contributed by atoms with van der Waals surface area (Å²) in [7, 11) is -3.44. The molecule has 21 heavy (non-hydrogen) atoms. The summed E-state index contributed by atoms with van der Waals surface area (Å²) in [6.07, 6.45) is 0.634. The van der Waals surface area contributed by atoms with Gasteiger partial charge in [-0.3, -0.25) is 0 Å². The van der Waals surface area contributed by atoms with Crippen molar-refractivity contribution in [3.8, 4) is 0 Å². The number of fused-ring (bicyclic) bond motifs is 1. The Kier molecular flexibility index (Phi) is 4.05. The van der Waals surface area contributed by atoms with Gasteiger partial charge in [0.2, 0.25) is 10.0 Å². The normalized spacial score (nSPS) is 27.3. The van der Waals surface area contributed by atoms with Crippen LogP contribution in [0.15, 0.2) is 23.1 Å². The van der Waals surface area contributed by atoms with Crippen LogP contribution in [0.3, 0.4) is 0 Å². The van der Waals surface area contributed by atoms with E-state index in [2.05, 4.69) is 5.32 Å². The number of rotatable bonds is 2. The van der Waals surface area contributed by atoms with E-state index >= 15 is 0 Å². The summed E-state index contributed by atoms with van der Waals surface area (Å²) in [5.74, 6) is 0. The summed E-state index contributed by atoms with van der Waals surface area (Å²) in [5, 5.41) is 3.28. The van der Waals surface area contributed by atoms with E-state index in [1.807, 2.05) is 26.0 Å².